The second-order valence-corrected chi connectivity index (χ2v) is 6.49. The maximum absolute atomic E-state index is 10.2. The van der Waals surface area contributed by atoms with Gasteiger partial charge >= 0.3 is 11.9 Å². The maximum atomic E-state index is 10.2. The lowest BCUT2D eigenvalue weighted by Crippen LogP contribution is -2.06. The lowest BCUT2D eigenvalue weighted by molar-refractivity contribution is -0.138. The Morgan fingerprint density at radius 2 is 1.40 bits per heavy atom. The van der Waals surface area contributed by atoms with Gasteiger partial charge in [0.2, 0.25) is 0 Å². The normalized spacial score (nSPS) is 13.6. The number of hydrogen-bond donors (Lipinski definition) is 2. The molecule has 0 aromatic rings. The van der Waals surface area contributed by atoms with Crippen molar-refractivity contribution in [2.75, 3.05) is 0 Å². The highest BCUT2D eigenvalue weighted by Gasteiger charge is 2.09. The fraction of sp³-hybridized carbons (Fsp3) is 0.875. The smallest absolute Gasteiger partial charge is 0.303 e. The monoisotopic (exact) mass is 288 g/mol. The van der Waals surface area contributed by atoms with Crippen LogP contribution in [0.2, 0.25) is 0 Å². The number of aliphatic carboxylic acids is 2. The van der Waals surface area contributed by atoms with Crippen LogP contribution in [-0.4, -0.2) is 22.2 Å². The van der Waals surface area contributed by atoms with Gasteiger partial charge in [0.1, 0.15) is 0 Å². The fourth-order valence-corrected chi connectivity index (χ4v) is 1.87. The molecule has 4 heteroatoms. The minimum atomic E-state index is -0.687. The average Bonchev–Trinajstić information content (AvgIpc) is 2.23. The van der Waals surface area contributed by atoms with Crippen molar-refractivity contribution in [2.45, 2.75) is 67.2 Å². The van der Waals surface area contributed by atoms with E-state index in [4.69, 9.17) is 10.2 Å². The lowest BCUT2D eigenvalue weighted by atomic mass is 9.93. The molecule has 0 saturated carbocycles. The first kappa shape index (κ1) is 21.2. The van der Waals surface area contributed by atoms with Crippen molar-refractivity contribution in [1.82, 2.24) is 0 Å². The van der Waals surface area contributed by atoms with Gasteiger partial charge in [-0.25, -0.2) is 0 Å². The Morgan fingerprint density at radius 1 is 0.900 bits per heavy atom. The van der Waals surface area contributed by atoms with E-state index in [2.05, 4.69) is 34.6 Å². The highest BCUT2D eigenvalue weighted by molar-refractivity contribution is 5.67. The van der Waals surface area contributed by atoms with Gasteiger partial charge in [-0.2, -0.15) is 0 Å². The Kier molecular flexibility index (Phi) is 12.5. The molecule has 20 heavy (non-hydrogen) atoms. The molecule has 2 unspecified atom stereocenters. The van der Waals surface area contributed by atoms with Crippen LogP contribution in [0.4, 0.5) is 0 Å². The molecule has 2 atom stereocenters. The van der Waals surface area contributed by atoms with Crippen LogP contribution in [0.5, 0.6) is 0 Å². The molecular weight excluding hydrogens is 256 g/mol. The number of carboxylic acid groups (broad SMARTS) is 2. The second kappa shape index (κ2) is 11.7. The second-order valence-electron chi connectivity index (χ2n) is 6.49. The van der Waals surface area contributed by atoms with Crippen molar-refractivity contribution < 1.29 is 19.8 Å². The van der Waals surface area contributed by atoms with Gasteiger partial charge in [-0.15, -0.1) is 0 Å². The van der Waals surface area contributed by atoms with E-state index < -0.39 is 11.9 Å². The van der Waals surface area contributed by atoms with Gasteiger partial charge in [-0.05, 0) is 36.5 Å². The predicted octanol–water partition coefficient (Wildman–Crippen LogP) is 4.29. The molecule has 0 aliphatic rings. The Labute approximate surface area is 123 Å². The number of carbonyl (C=O) groups is 2. The third-order valence-electron chi connectivity index (χ3n) is 3.35. The van der Waals surface area contributed by atoms with Crippen molar-refractivity contribution >= 4 is 11.9 Å². The first-order valence-corrected chi connectivity index (χ1v) is 7.49. The summed E-state index contributed by atoms with van der Waals surface area (Å²) in [5.74, 6) is 0.669. The van der Waals surface area contributed by atoms with E-state index in [1.54, 1.807) is 0 Å². The van der Waals surface area contributed by atoms with Crippen molar-refractivity contribution in [3.8, 4) is 0 Å². The van der Waals surface area contributed by atoms with E-state index in [0.29, 0.717) is 36.5 Å². The van der Waals surface area contributed by atoms with Gasteiger partial charge in [-0.1, -0.05) is 41.5 Å². The molecule has 0 aromatic carbocycles. The largest absolute Gasteiger partial charge is 0.481 e. The van der Waals surface area contributed by atoms with E-state index in [1.807, 2.05) is 6.92 Å². The summed E-state index contributed by atoms with van der Waals surface area (Å²) in [7, 11) is 0. The topological polar surface area (TPSA) is 74.6 Å². The van der Waals surface area contributed by atoms with E-state index in [1.165, 1.54) is 0 Å². The fourth-order valence-electron chi connectivity index (χ4n) is 1.87. The molecule has 0 amide bonds. The first-order valence-electron chi connectivity index (χ1n) is 7.49. The molecule has 0 spiro atoms. The minimum absolute atomic E-state index is 0.304. The van der Waals surface area contributed by atoms with Crippen LogP contribution in [0.3, 0.4) is 0 Å². The Balaban J connectivity index is 0. The highest BCUT2D eigenvalue weighted by Crippen LogP contribution is 2.15. The first-order chi connectivity index (χ1) is 9.06. The summed E-state index contributed by atoms with van der Waals surface area (Å²) in [5.41, 5.74) is 0. The predicted molar refractivity (Wildman–Crippen MR) is 81.7 cm³/mol. The summed E-state index contributed by atoms with van der Waals surface area (Å²) in [6, 6.07) is 0. The molecule has 4 nitrogen and oxygen atoms in total. The van der Waals surface area contributed by atoms with Crippen molar-refractivity contribution in [1.29, 1.82) is 0 Å². The molecule has 0 radical (unpaired) electrons. The summed E-state index contributed by atoms with van der Waals surface area (Å²) in [6.45, 7) is 12.5. The van der Waals surface area contributed by atoms with Gasteiger partial charge in [0, 0.05) is 12.8 Å². The zero-order chi connectivity index (χ0) is 16.3. The molecule has 2 N–H and O–H groups in total. The zero-order valence-corrected chi connectivity index (χ0v) is 13.8. The summed E-state index contributed by atoms with van der Waals surface area (Å²) < 4.78 is 0. The van der Waals surface area contributed by atoms with Crippen molar-refractivity contribution in [3.63, 3.8) is 0 Å². The molecule has 0 aliphatic heterocycles. The number of hydrogen-bond acceptors (Lipinski definition) is 2. The Hall–Kier alpha value is -1.06. The summed E-state index contributed by atoms with van der Waals surface area (Å²) in [5, 5.41) is 16.7. The third-order valence-corrected chi connectivity index (χ3v) is 3.35. The van der Waals surface area contributed by atoms with E-state index >= 15 is 0 Å². The van der Waals surface area contributed by atoms with Crippen molar-refractivity contribution in [2.24, 2.45) is 23.7 Å². The highest BCUT2D eigenvalue weighted by atomic mass is 16.4. The molecule has 0 bridgehead atoms. The molecule has 0 heterocycles. The molecule has 120 valence electrons. The summed E-state index contributed by atoms with van der Waals surface area (Å²) in [4.78, 5) is 20.3. The van der Waals surface area contributed by atoms with Crippen LogP contribution in [0.1, 0.15) is 67.2 Å². The SMILES string of the molecule is CC(C)C(C)CCC(=O)O.CC(C)CC(C)CC(=O)O. The van der Waals surface area contributed by atoms with Gasteiger partial charge in [0.25, 0.3) is 0 Å². The molecule has 0 rings (SSSR count). The standard InChI is InChI=1S/2C8H16O2/c1-6(2)4-7(3)5-8(9)10;1-6(2)7(3)4-5-8(9)10/h2*6-7H,4-5H2,1-3H3,(H,9,10). The van der Waals surface area contributed by atoms with Crippen LogP contribution in [-0.2, 0) is 9.59 Å². The van der Waals surface area contributed by atoms with E-state index in [9.17, 15) is 9.59 Å². The number of rotatable bonds is 8. The summed E-state index contributed by atoms with van der Waals surface area (Å²) >= 11 is 0. The quantitative estimate of drug-likeness (QED) is 0.698. The third kappa shape index (κ3) is 16.9. The molecule has 0 saturated heterocycles. The molecule has 0 aliphatic carbocycles. The lowest BCUT2D eigenvalue weighted by Gasteiger charge is -2.12. The zero-order valence-electron chi connectivity index (χ0n) is 13.8. The van der Waals surface area contributed by atoms with Gasteiger partial charge in [-0.3, -0.25) is 9.59 Å². The Morgan fingerprint density at radius 3 is 1.70 bits per heavy atom. The Bertz CT molecular complexity index is 272. The van der Waals surface area contributed by atoms with Crippen LogP contribution in [0, 0.1) is 23.7 Å². The van der Waals surface area contributed by atoms with Gasteiger partial charge < -0.3 is 10.2 Å². The molecule has 0 aromatic heterocycles. The minimum Gasteiger partial charge on any atom is -0.481 e. The van der Waals surface area contributed by atoms with Crippen molar-refractivity contribution in [3.05, 3.63) is 0 Å². The number of carboxylic acids is 2. The van der Waals surface area contributed by atoms with Crippen LogP contribution < -0.4 is 0 Å². The summed E-state index contributed by atoms with van der Waals surface area (Å²) in [6.07, 6.45) is 2.41. The van der Waals surface area contributed by atoms with Gasteiger partial charge in [0.15, 0.2) is 0 Å². The van der Waals surface area contributed by atoms with Crippen LogP contribution in [0.15, 0.2) is 0 Å². The maximum Gasteiger partial charge on any atom is 0.303 e. The van der Waals surface area contributed by atoms with Crippen LogP contribution >= 0.6 is 0 Å². The van der Waals surface area contributed by atoms with E-state index in [-0.39, 0.29) is 0 Å². The van der Waals surface area contributed by atoms with Gasteiger partial charge in [0.05, 0.1) is 0 Å². The van der Waals surface area contributed by atoms with Crippen LogP contribution in [0.25, 0.3) is 0 Å². The molecule has 0 fully saturated rings. The molecular formula is C16H32O4. The average molecular weight is 288 g/mol. The van der Waals surface area contributed by atoms with E-state index in [0.717, 1.165) is 12.8 Å².